The lowest BCUT2D eigenvalue weighted by atomic mass is 9.97. The van der Waals surface area contributed by atoms with Gasteiger partial charge in [-0.05, 0) is 41.2 Å². The molecule has 1 amide bonds. The summed E-state index contributed by atoms with van der Waals surface area (Å²) in [6, 6.07) is 8.09. The van der Waals surface area contributed by atoms with Gasteiger partial charge in [0.2, 0.25) is 5.91 Å². The topological polar surface area (TPSA) is 113 Å². The fourth-order valence-corrected chi connectivity index (χ4v) is 3.98. The molecule has 2 aromatic carbocycles. The molecule has 0 aromatic heterocycles. The van der Waals surface area contributed by atoms with Gasteiger partial charge in [0.05, 0.1) is 10.9 Å². The first kappa shape index (κ1) is 27.3. The SMILES string of the molecule is CC(C)C[C@H](NC(c1ccc(-c2ccc(S(C)(=O)=O)cc2)cc1)C(F)(F)F)C(=O)NCC(=O)O. The van der Waals surface area contributed by atoms with Crippen LogP contribution in [0, 0.1) is 5.92 Å². The molecule has 0 bridgehead atoms. The second-order valence-electron chi connectivity index (χ2n) is 8.35. The lowest BCUT2D eigenvalue weighted by Crippen LogP contribution is -2.50. The van der Waals surface area contributed by atoms with Crippen LogP contribution in [0.3, 0.4) is 0 Å². The summed E-state index contributed by atoms with van der Waals surface area (Å²) < 4.78 is 64.9. The lowest BCUT2D eigenvalue weighted by Gasteiger charge is -2.28. The van der Waals surface area contributed by atoms with Gasteiger partial charge in [0.1, 0.15) is 12.6 Å². The fourth-order valence-electron chi connectivity index (χ4n) is 3.35. The Morgan fingerprint density at radius 3 is 1.88 bits per heavy atom. The van der Waals surface area contributed by atoms with E-state index in [4.69, 9.17) is 5.11 Å². The predicted octanol–water partition coefficient (Wildman–Crippen LogP) is 3.57. The van der Waals surface area contributed by atoms with Crippen LogP contribution < -0.4 is 10.6 Å². The number of carbonyl (C=O) groups excluding carboxylic acids is 1. The number of carbonyl (C=O) groups is 2. The van der Waals surface area contributed by atoms with Crippen LogP contribution in [0.4, 0.5) is 13.2 Å². The molecule has 1 unspecified atom stereocenters. The number of halogens is 3. The molecule has 0 fully saturated rings. The van der Waals surface area contributed by atoms with Crippen LogP contribution in [0.25, 0.3) is 11.1 Å². The van der Waals surface area contributed by atoms with Crippen molar-refractivity contribution in [3.8, 4) is 11.1 Å². The number of carboxylic acid groups (broad SMARTS) is 1. The Kier molecular flexibility index (Phi) is 8.84. The van der Waals surface area contributed by atoms with E-state index in [1.54, 1.807) is 26.0 Å². The quantitative estimate of drug-likeness (QED) is 0.460. The molecule has 0 aliphatic heterocycles. The summed E-state index contributed by atoms with van der Waals surface area (Å²) in [5, 5.41) is 13.2. The third-order valence-electron chi connectivity index (χ3n) is 4.99. The van der Waals surface area contributed by atoms with Gasteiger partial charge in [0, 0.05) is 6.26 Å². The minimum atomic E-state index is -4.72. The molecular weight excluding hydrogens is 473 g/mol. The van der Waals surface area contributed by atoms with Crippen LogP contribution in [0.5, 0.6) is 0 Å². The van der Waals surface area contributed by atoms with Gasteiger partial charge >= 0.3 is 12.1 Å². The number of alkyl halides is 3. The van der Waals surface area contributed by atoms with Gasteiger partial charge in [-0.25, -0.2) is 8.42 Å². The molecule has 0 aliphatic carbocycles. The maximum atomic E-state index is 13.9. The zero-order valence-electron chi connectivity index (χ0n) is 18.9. The van der Waals surface area contributed by atoms with Crippen molar-refractivity contribution in [1.29, 1.82) is 0 Å². The van der Waals surface area contributed by atoms with E-state index in [-0.39, 0.29) is 22.8 Å². The van der Waals surface area contributed by atoms with Crippen LogP contribution in [-0.4, -0.2) is 50.4 Å². The van der Waals surface area contributed by atoms with Crippen molar-refractivity contribution in [3.63, 3.8) is 0 Å². The van der Waals surface area contributed by atoms with Crippen LogP contribution >= 0.6 is 0 Å². The highest BCUT2D eigenvalue weighted by Crippen LogP contribution is 2.34. The van der Waals surface area contributed by atoms with E-state index in [1.807, 2.05) is 0 Å². The Bertz CT molecular complexity index is 1100. The summed E-state index contributed by atoms with van der Waals surface area (Å²) in [6.45, 7) is 2.79. The normalized spacial score (nSPS) is 14.0. The number of benzene rings is 2. The zero-order valence-corrected chi connectivity index (χ0v) is 19.7. The van der Waals surface area contributed by atoms with Gasteiger partial charge in [0.25, 0.3) is 0 Å². The second-order valence-corrected chi connectivity index (χ2v) is 10.4. The summed E-state index contributed by atoms with van der Waals surface area (Å²) in [4.78, 5) is 23.2. The van der Waals surface area contributed by atoms with E-state index in [2.05, 4.69) is 10.6 Å². The molecule has 0 spiro atoms. The minimum Gasteiger partial charge on any atom is -0.480 e. The maximum Gasteiger partial charge on any atom is 0.407 e. The molecule has 3 N–H and O–H groups in total. The van der Waals surface area contributed by atoms with E-state index < -0.39 is 46.5 Å². The van der Waals surface area contributed by atoms with Gasteiger partial charge in [-0.3, -0.25) is 14.9 Å². The largest absolute Gasteiger partial charge is 0.480 e. The number of rotatable bonds is 10. The van der Waals surface area contributed by atoms with Crippen molar-refractivity contribution in [1.82, 2.24) is 10.6 Å². The molecule has 0 radical (unpaired) electrons. The highest BCUT2D eigenvalue weighted by Gasteiger charge is 2.43. The molecule has 2 atom stereocenters. The zero-order chi connectivity index (χ0) is 25.7. The Labute approximate surface area is 196 Å². The van der Waals surface area contributed by atoms with Gasteiger partial charge in [-0.15, -0.1) is 0 Å². The molecule has 0 saturated heterocycles. The monoisotopic (exact) mass is 500 g/mol. The van der Waals surface area contributed by atoms with Crippen LogP contribution in [0.15, 0.2) is 53.4 Å². The smallest absolute Gasteiger partial charge is 0.407 e. The third kappa shape index (κ3) is 7.84. The molecule has 7 nitrogen and oxygen atoms in total. The minimum absolute atomic E-state index is 0.0722. The average molecular weight is 501 g/mol. The summed E-state index contributed by atoms with van der Waals surface area (Å²) >= 11 is 0. The highest BCUT2D eigenvalue weighted by molar-refractivity contribution is 7.90. The summed E-state index contributed by atoms with van der Waals surface area (Å²) in [6.07, 6.45) is -3.57. The van der Waals surface area contributed by atoms with E-state index in [0.717, 1.165) is 6.26 Å². The molecule has 186 valence electrons. The van der Waals surface area contributed by atoms with Crippen molar-refractivity contribution >= 4 is 21.7 Å². The molecular formula is C23H27F3N2O5S. The number of amides is 1. The first-order chi connectivity index (χ1) is 15.7. The summed E-state index contributed by atoms with van der Waals surface area (Å²) in [5.41, 5.74) is 1.09. The maximum absolute atomic E-state index is 13.9. The molecule has 34 heavy (non-hydrogen) atoms. The Balaban J connectivity index is 2.30. The Hall–Kier alpha value is -2.92. The Morgan fingerprint density at radius 2 is 1.47 bits per heavy atom. The van der Waals surface area contributed by atoms with Crippen LogP contribution in [0.1, 0.15) is 31.9 Å². The van der Waals surface area contributed by atoms with Gasteiger partial charge in [-0.1, -0.05) is 50.2 Å². The molecule has 0 aliphatic rings. The first-order valence-corrected chi connectivity index (χ1v) is 12.3. The van der Waals surface area contributed by atoms with Crippen molar-refractivity contribution < 1.29 is 36.3 Å². The number of hydrogen-bond donors (Lipinski definition) is 3. The van der Waals surface area contributed by atoms with E-state index in [9.17, 15) is 31.2 Å². The number of sulfone groups is 1. The Morgan fingerprint density at radius 1 is 0.971 bits per heavy atom. The van der Waals surface area contributed by atoms with Gasteiger partial charge in [-0.2, -0.15) is 13.2 Å². The van der Waals surface area contributed by atoms with E-state index in [0.29, 0.717) is 11.1 Å². The molecule has 11 heteroatoms. The van der Waals surface area contributed by atoms with Crippen molar-refractivity contribution in [2.45, 2.75) is 43.4 Å². The molecule has 2 rings (SSSR count). The molecule has 2 aromatic rings. The second kappa shape index (κ2) is 11.0. The standard InChI is InChI=1S/C23H27F3N2O5S/c1-14(2)12-19(22(31)27-13-20(29)30)28-21(23(24,25)26)17-6-4-15(5-7-17)16-8-10-18(11-9-16)34(3,32)33/h4-11,14,19,21,28H,12-13H2,1-3H3,(H,27,31)(H,29,30)/t19-,21?/m0/s1. The van der Waals surface area contributed by atoms with Crippen LogP contribution in [0.2, 0.25) is 0 Å². The number of aliphatic carboxylic acids is 1. The van der Waals surface area contributed by atoms with Crippen molar-refractivity contribution in [3.05, 3.63) is 54.1 Å². The third-order valence-corrected chi connectivity index (χ3v) is 6.12. The van der Waals surface area contributed by atoms with Gasteiger partial charge in [0.15, 0.2) is 9.84 Å². The fraction of sp³-hybridized carbons (Fsp3) is 0.391. The number of carboxylic acids is 1. The molecule has 0 saturated carbocycles. The van der Waals surface area contributed by atoms with Gasteiger partial charge < -0.3 is 10.4 Å². The summed E-state index contributed by atoms with van der Waals surface area (Å²) in [5.74, 6) is -2.25. The summed E-state index contributed by atoms with van der Waals surface area (Å²) in [7, 11) is -3.37. The van der Waals surface area contributed by atoms with Crippen molar-refractivity contribution in [2.75, 3.05) is 12.8 Å². The van der Waals surface area contributed by atoms with E-state index >= 15 is 0 Å². The average Bonchev–Trinajstić information content (AvgIpc) is 2.73. The lowest BCUT2D eigenvalue weighted by molar-refractivity contribution is -0.161. The molecule has 0 heterocycles. The number of hydrogen-bond acceptors (Lipinski definition) is 5. The van der Waals surface area contributed by atoms with Crippen LogP contribution in [-0.2, 0) is 19.4 Å². The van der Waals surface area contributed by atoms with E-state index in [1.165, 1.54) is 36.4 Å². The first-order valence-electron chi connectivity index (χ1n) is 10.4. The number of nitrogens with one attached hydrogen (secondary N) is 2. The highest BCUT2D eigenvalue weighted by atomic mass is 32.2. The predicted molar refractivity (Wildman–Crippen MR) is 121 cm³/mol. The van der Waals surface area contributed by atoms with Crippen molar-refractivity contribution in [2.24, 2.45) is 5.92 Å².